The Kier molecular flexibility index (Phi) is 11.6. The molecule has 0 aliphatic rings. The number of nitrogens with one attached hydrogen (secondary N) is 3. The maximum atomic E-state index is 12.1. The van der Waals surface area contributed by atoms with Gasteiger partial charge in [-0.15, -0.1) is 24.0 Å². The second-order valence-corrected chi connectivity index (χ2v) is 8.02. The Morgan fingerprint density at radius 3 is 2.38 bits per heavy atom. The maximum Gasteiger partial charge on any atom is 0.291 e. The molecule has 3 N–H and O–H groups in total. The van der Waals surface area contributed by atoms with Crippen molar-refractivity contribution < 1.29 is 9.21 Å². The van der Waals surface area contributed by atoms with Crippen LogP contribution in [0.1, 0.15) is 35.0 Å². The Bertz CT molecular complexity index is 1010. The number of nitrogens with zero attached hydrogens (tertiary/aromatic N) is 2. The highest BCUT2D eigenvalue weighted by atomic mass is 127. The quantitative estimate of drug-likeness (QED) is 0.185. The number of hydrogen-bond acceptors (Lipinski definition) is 4. The lowest BCUT2D eigenvalue weighted by atomic mass is 10.1. The second-order valence-electron chi connectivity index (χ2n) is 8.02. The van der Waals surface area contributed by atoms with Crippen LogP contribution in [0.2, 0.25) is 0 Å². The molecule has 7 nitrogen and oxygen atoms in total. The van der Waals surface area contributed by atoms with Crippen LogP contribution >= 0.6 is 24.0 Å². The molecule has 34 heavy (non-hydrogen) atoms. The number of halogens is 1. The van der Waals surface area contributed by atoms with Gasteiger partial charge in [-0.2, -0.15) is 0 Å². The third kappa shape index (κ3) is 8.83. The Morgan fingerprint density at radius 2 is 1.74 bits per heavy atom. The number of benzene rings is 2. The van der Waals surface area contributed by atoms with E-state index in [2.05, 4.69) is 64.1 Å². The molecule has 0 radical (unpaired) electrons. The molecule has 1 heterocycles. The molecule has 1 aromatic heterocycles. The van der Waals surface area contributed by atoms with Gasteiger partial charge in [-0.1, -0.05) is 42.5 Å². The van der Waals surface area contributed by atoms with E-state index in [1.807, 2.05) is 30.3 Å². The number of carbonyl (C=O) groups is 1. The van der Waals surface area contributed by atoms with Gasteiger partial charge in [-0.05, 0) is 55.8 Å². The van der Waals surface area contributed by atoms with Gasteiger partial charge in [0.25, 0.3) is 5.91 Å². The molecule has 0 spiro atoms. The molecule has 182 valence electrons. The first-order valence-corrected chi connectivity index (χ1v) is 11.2. The fraction of sp³-hybridized carbons (Fsp3) is 0.308. The summed E-state index contributed by atoms with van der Waals surface area (Å²) in [6, 6.07) is 22.0. The van der Waals surface area contributed by atoms with Crippen LogP contribution in [0.15, 0.2) is 82.4 Å². The molecule has 8 heteroatoms. The molecule has 0 saturated carbocycles. The molecule has 3 aromatic rings. The largest absolute Gasteiger partial charge is 0.459 e. The van der Waals surface area contributed by atoms with Crippen molar-refractivity contribution in [1.29, 1.82) is 0 Å². The van der Waals surface area contributed by atoms with Crippen molar-refractivity contribution >= 4 is 41.5 Å². The molecule has 1 unspecified atom stereocenters. The van der Waals surface area contributed by atoms with Gasteiger partial charge in [0.2, 0.25) is 0 Å². The van der Waals surface area contributed by atoms with Crippen LogP contribution in [0.25, 0.3) is 0 Å². The molecule has 0 aliphatic heterocycles. The van der Waals surface area contributed by atoms with Gasteiger partial charge in [-0.3, -0.25) is 14.7 Å². The van der Waals surface area contributed by atoms with Gasteiger partial charge < -0.3 is 20.4 Å². The van der Waals surface area contributed by atoms with Crippen LogP contribution < -0.4 is 16.0 Å². The summed E-state index contributed by atoms with van der Waals surface area (Å²) in [5.41, 5.74) is 3.13. The maximum absolute atomic E-state index is 12.1. The van der Waals surface area contributed by atoms with E-state index < -0.39 is 0 Å². The third-order valence-corrected chi connectivity index (χ3v) is 5.52. The molecule has 1 atom stereocenters. The number of anilines is 1. The van der Waals surface area contributed by atoms with Crippen LogP contribution in [0.5, 0.6) is 0 Å². The summed E-state index contributed by atoms with van der Waals surface area (Å²) in [7, 11) is 3.93. The van der Waals surface area contributed by atoms with Crippen molar-refractivity contribution in [1.82, 2.24) is 15.5 Å². The van der Waals surface area contributed by atoms with Crippen LogP contribution in [0.4, 0.5) is 5.69 Å². The number of guanidine groups is 1. The zero-order valence-corrected chi connectivity index (χ0v) is 22.3. The van der Waals surface area contributed by atoms with Crippen LogP contribution in [0, 0.1) is 0 Å². The summed E-state index contributed by atoms with van der Waals surface area (Å²) in [5, 5.41) is 9.54. The van der Waals surface area contributed by atoms with Crippen LogP contribution in [-0.2, 0) is 13.1 Å². The molecule has 1 amide bonds. The fourth-order valence-electron chi connectivity index (χ4n) is 3.36. The third-order valence-electron chi connectivity index (χ3n) is 5.52. The lowest BCUT2D eigenvalue weighted by molar-refractivity contribution is 0.0996. The zero-order chi connectivity index (χ0) is 23.5. The summed E-state index contributed by atoms with van der Waals surface area (Å²) >= 11 is 0. The minimum Gasteiger partial charge on any atom is -0.459 e. The summed E-state index contributed by atoms with van der Waals surface area (Å²) in [6.45, 7) is 4.65. The smallest absolute Gasteiger partial charge is 0.291 e. The molecular weight excluding hydrogens is 541 g/mol. The number of aliphatic imine (C=N–C) groups is 1. The normalized spacial score (nSPS) is 12.1. The van der Waals surface area contributed by atoms with E-state index in [9.17, 15) is 4.79 Å². The van der Waals surface area contributed by atoms with Gasteiger partial charge in [0.1, 0.15) is 0 Å². The molecule has 0 aliphatic carbocycles. The predicted octanol–water partition coefficient (Wildman–Crippen LogP) is 4.73. The number of hydrogen-bond donors (Lipinski definition) is 3. The number of amides is 1. The summed E-state index contributed by atoms with van der Waals surface area (Å²) in [5.74, 6) is 0.790. The van der Waals surface area contributed by atoms with E-state index in [1.54, 1.807) is 19.2 Å². The van der Waals surface area contributed by atoms with Crippen molar-refractivity contribution in [2.45, 2.75) is 32.5 Å². The molecule has 0 saturated heterocycles. The predicted molar refractivity (Wildman–Crippen MR) is 149 cm³/mol. The zero-order valence-electron chi connectivity index (χ0n) is 20.0. The van der Waals surface area contributed by atoms with Crippen LogP contribution in [0.3, 0.4) is 0 Å². The first-order chi connectivity index (χ1) is 16.0. The Hall–Kier alpha value is -2.85. The van der Waals surface area contributed by atoms with Crippen molar-refractivity contribution in [3.05, 3.63) is 89.9 Å². The molecule has 0 bridgehead atoms. The summed E-state index contributed by atoms with van der Waals surface area (Å²) in [4.78, 5) is 18.7. The Morgan fingerprint density at radius 1 is 1.00 bits per heavy atom. The van der Waals surface area contributed by atoms with E-state index >= 15 is 0 Å². The first-order valence-electron chi connectivity index (χ1n) is 11.2. The highest BCUT2D eigenvalue weighted by Crippen LogP contribution is 2.12. The van der Waals surface area contributed by atoms with Crippen molar-refractivity contribution in [2.75, 3.05) is 26.0 Å². The Balaban J connectivity index is 0.00000408. The minimum absolute atomic E-state index is 0. The lowest BCUT2D eigenvalue weighted by Crippen LogP contribution is -2.39. The van der Waals surface area contributed by atoms with E-state index in [4.69, 9.17) is 4.42 Å². The minimum atomic E-state index is -0.265. The highest BCUT2D eigenvalue weighted by molar-refractivity contribution is 14.0. The molecule has 3 rings (SSSR count). The SMILES string of the molecule is CN=C(NCCC(C)N(C)Cc1ccccc1)NCc1ccc(NC(=O)c2ccco2)cc1.I. The second kappa shape index (κ2) is 14.4. The van der Waals surface area contributed by atoms with Gasteiger partial charge in [0.15, 0.2) is 11.7 Å². The lowest BCUT2D eigenvalue weighted by Gasteiger charge is -2.25. The van der Waals surface area contributed by atoms with Crippen LogP contribution in [-0.4, -0.2) is 43.4 Å². The Labute approximate surface area is 219 Å². The van der Waals surface area contributed by atoms with E-state index in [0.29, 0.717) is 12.6 Å². The number of carbonyl (C=O) groups excluding carboxylic acids is 1. The monoisotopic (exact) mass is 575 g/mol. The molecule has 2 aromatic carbocycles. The standard InChI is InChI=1S/C26H33N5O2.HI/c1-20(31(3)19-22-8-5-4-6-9-22)15-16-28-26(27-2)29-18-21-11-13-23(14-12-21)30-25(32)24-10-7-17-33-24;/h4-14,17,20H,15-16,18-19H2,1-3H3,(H,30,32)(H2,27,28,29);1H. The van der Waals surface area contributed by atoms with Gasteiger partial charge in [-0.25, -0.2) is 0 Å². The number of furan rings is 1. The molecule has 0 fully saturated rings. The average Bonchev–Trinajstić information content (AvgIpc) is 3.38. The van der Waals surface area contributed by atoms with Crippen molar-refractivity contribution in [3.63, 3.8) is 0 Å². The van der Waals surface area contributed by atoms with E-state index in [1.165, 1.54) is 11.8 Å². The summed E-state index contributed by atoms with van der Waals surface area (Å²) < 4.78 is 5.11. The average molecular weight is 575 g/mol. The first kappa shape index (κ1) is 27.4. The highest BCUT2D eigenvalue weighted by Gasteiger charge is 2.10. The van der Waals surface area contributed by atoms with Gasteiger partial charge >= 0.3 is 0 Å². The van der Waals surface area contributed by atoms with Gasteiger partial charge in [0.05, 0.1) is 6.26 Å². The number of rotatable bonds is 10. The van der Waals surface area contributed by atoms with Crippen molar-refractivity contribution in [3.8, 4) is 0 Å². The topological polar surface area (TPSA) is 81.9 Å². The molecular formula is C26H34IN5O2. The van der Waals surface area contributed by atoms with Gasteiger partial charge in [0, 0.05) is 38.4 Å². The van der Waals surface area contributed by atoms with E-state index in [0.717, 1.165) is 36.7 Å². The van der Waals surface area contributed by atoms with Crippen molar-refractivity contribution in [2.24, 2.45) is 4.99 Å². The fourth-order valence-corrected chi connectivity index (χ4v) is 3.36. The summed E-state index contributed by atoms with van der Waals surface area (Å²) in [6.07, 6.45) is 2.49. The van der Waals surface area contributed by atoms with E-state index in [-0.39, 0.29) is 35.6 Å².